The lowest BCUT2D eigenvalue weighted by Crippen LogP contribution is -2.51. The maximum Gasteiger partial charge on any atom is 0.323 e. The average molecular weight is 290 g/mol. The van der Waals surface area contributed by atoms with Crippen molar-refractivity contribution in [2.45, 2.75) is 25.8 Å². The molecule has 0 saturated heterocycles. The predicted molar refractivity (Wildman–Crippen MR) is 76.1 cm³/mol. The van der Waals surface area contributed by atoms with Crippen LogP contribution in [0.15, 0.2) is 24.3 Å². The van der Waals surface area contributed by atoms with Crippen LogP contribution in [0, 0.1) is 0 Å². The second kappa shape index (κ2) is 5.65. The first kappa shape index (κ1) is 15.2. The van der Waals surface area contributed by atoms with E-state index in [4.69, 9.17) is 5.11 Å². The average Bonchev–Trinajstić information content (AvgIpc) is 2.72. The van der Waals surface area contributed by atoms with E-state index in [0.717, 1.165) is 4.90 Å². The van der Waals surface area contributed by atoms with Gasteiger partial charge in [0.25, 0.3) is 11.8 Å². The zero-order valence-corrected chi connectivity index (χ0v) is 12.0. The van der Waals surface area contributed by atoms with Gasteiger partial charge < -0.3 is 10.4 Å². The summed E-state index contributed by atoms with van der Waals surface area (Å²) in [6.45, 7) is 3.73. The van der Waals surface area contributed by atoms with Gasteiger partial charge in [0.05, 0.1) is 11.1 Å². The summed E-state index contributed by atoms with van der Waals surface area (Å²) in [4.78, 5) is 36.6. The van der Waals surface area contributed by atoms with Gasteiger partial charge in [0.1, 0.15) is 5.54 Å². The summed E-state index contributed by atoms with van der Waals surface area (Å²) in [5.74, 6) is -1.61. The van der Waals surface area contributed by atoms with Crippen molar-refractivity contribution in [2.24, 2.45) is 0 Å². The number of amides is 2. The normalized spacial score (nSPS) is 16.8. The number of nitrogens with zero attached hydrogens (tertiary/aromatic N) is 1. The summed E-state index contributed by atoms with van der Waals surface area (Å²) < 4.78 is 0. The van der Waals surface area contributed by atoms with Gasteiger partial charge in [-0.2, -0.15) is 0 Å². The Labute approximate surface area is 122 Å². The molecule has 0 bridgehead atoms. The van der Waals surface area contributed by atoms with E-state index in [1.54, 1.807) is 38.1 Å². The third-order valence-corrected chi connectivity index (χ3v) is 3.91. The molecule has 0 saturated carbocycles. The number of imide groups is 1. The molecule has 0 aliphatic carbocycles. The third-order valence-electron chi connectivity index (χ3n) is 3.91. The van der Waals surface area contributed by atoms with Gasteiger partial charge in [0.2, 0.25) is 0 Å². The van der Waals surface area contributed by atoms with E-state index in [9.17, 15) is 14.4 Å². The minimum atomic E-state index is -1.06. The molecule has 1 heterocycles. The summed E-state index contributed by atoms with van der Waals surface area (Å²) in [6, 6.07) is 6.67. The maximum atomic E-state index is 12.1. The first-order chi connectivity index (χ1) is 9.90. The molecule has 1 atom stereocenters. The number of rotatable bonds is 6. The van der Waals surface area contributed by atoms with Crippen LogP contribution in [0.2, 0.25) is 0 Å². The quantitative estimate of drug-likeness (QED) is 0.767. The standard InChI is InChI=1S/C15H18N2O4/c1-3-15(2,14(20)21)16-8-9-17-12(18)10-6-4-5-7-11(10)13(17)19/h4-7,16H,3,8-9H2,1-2H3,(H,20,21). The smallest absolute Gasteiger partial charge is 0.323 e. The van der Waals surface area contributed by atoms with Crippen molar-refractivity contribution in [1.82, 2.24) is 10.2 Å². The molecule has 1 aliphatic rings. The van der Waals surface area contributed by atoms with Gasteiger partial charge in [-0.3, -0.25) is 19.3 Å². The molecule has 1 aromatic carbocycles. The van der Waals surface area contributed by atoms with Crippen molar-refractivity contribution in [3.8, 4) is 0 Å². The topological polar surface area (TPSA) is 86.7 Å². The highest BCUT2D eigenvalue weighted by Gasteiger charge is 2.36. The highest BCUT2D eigenvalue weighted by Crippen LogP contribution is 2.21. The number of hydrogen-bond donors (Lipinski definition) is 2. The van der Waals surface area contributed by atoms with Gasteiger partial charge in [-0.1, -0.05) is 19.1 Å². The van der Waals surface area contributed by atoms with E-state index in [0.29, 0.717) is 17.5 Å². The van der Waals surface area contributed by atoms with Crippen LogP contribution in [-0.4, -0.2) is 46.4 Å². The van der Waals surface area contributed by atoms with Gasteiger partial charge in [-0.05, 0) is 25.5 Å². The van der Waals surface area contributed by atoms with E-state index >= 15 is 0 Å². The molecular weight excluding hydrogens is 272 g/mol. The molecule has 2 rings (SSSR count). The second-order valence-electron chi connectivity index (χ2n) is 5.23. The highest BCUT2D eigenvalue weighted by molar-refractivity contribution is 6.21. The molecule has 0 aromatic heterocycles. The van der Waals surface area contributed by atoms with E-state index in [2.05, 4.69) is 5.32 Å². The van der Waals surface area contributed by atoms with E-state index in [1.807, 2.05) is 0 Å². The van der Waals surface area contributed by atoms with E-state index < -0.39 is 11.5 Å². The van der Waals surface area contributed by atoms with E-state index in [-0.39, 0.29) is 24.9 Å². The lowest BCUT2D eigenvalue weighted by atomic mass is 9.99. The van der Waals surface area contributed by atoms with Crippen molar-refractivity contribution in [3.63, 3.8) is 0 Å². The molecule has 6 heteroatoms. The molecule has 0 fully saturated rings. The number of nitrogens with one attached hydrogen (secondary N) is 1. The van der Waals surface area contributed by atoms with Crippen molar-refractivity contribution in [3.05, 3.63) is 35.4 Å². The van der Waals surface area contributed by atoms with Crippen LogP contribution < -0.4 is 5.32 Å². The van der Waals surface area contributed by atoms with Crippen LogP contribution in [0.25, 0.3) is 0 Å². The number of aliphatic carboxylic acids is 1. The van der Waals surface area contributed by atoms with Crippen molar-refractivity contribution in [1.29, 1.82) is 0 Å². The van der Waals surface area contributed by atoms with Gasteiger partial charge in [-0.15, -0.1) is 0 Å². The third kappa shape index (κ3) is 2.67. The fourth-order valence-corrected chi connectivity index (χ4v) is 2.24. The molecule has 2 amide bonds. The monoisotopic (exact) mass is 290 g/mol. The molecule has 6 nitrogen and oxygen atoms in total. The van der Waals surface area contributed by atoms with E-state index in [1.165, 1.54) is 0 Å². The Morgan fingerprint density at radius 3 is 2.19 bits per heavy atom. The summed E-state index contributed by atoms with van der Waals surface area (Å²) in [6.07, 6.45) is 0.407. The van der Waals surface area contributed by atoms with Crippen molar-refractivity contribution < 1.29 is 19.5 Å². The minimum Gasteiger partial charge on any atom is -0.480 e. The lowest BCUT2D eigenvalue weighted by molar-refractivity contribution is -0.144. The predicted octanol–water partition coefficient (Wildman–Crippen LogP) is 1.13. The van der Waals surface area contributed by atoms with Crippen LogP contribution >= 0.6 is 0 Å². The molecule has 1 aromatic rings. The minimum absolute atomic E-state index is 0.148. The van der Waals surface area contributed by atoms with Crippen LogP contribution in [0.3, 0.4) is 0 Å². The van der Waals surface area contributed by atoms with Crippen LogP contribution in [0.5, 0.6) is 0 Å². The van der Waals surface area contributed by atoms with Gasteiger partial charge in [0.15, 0.2) is 0 Å². The first-order valence-electron chi connectivity index (χ1n) is 6.84. The summed E-state index contributed by atoms with van der Waals surface area (Å²) in [5.41, 5.74) is -0.253. The lowest BCUT2D eigenvalue weighted by Gasteiger charge is -2.25. The van der Waals surface area contributed by atoms with Crippen molar-refractivity contribution >= 4 is 17.8 Å². The number of hydrogen-bond acceptors (Lipinski definition) is 4. The Bertz CT molecular complexity index is 564. The Kier molecular flexibility index (Phi) is 4.09. The maximum absolute atomic E-state index is 12.1. The molecule has 112 valence electrons. The van der Waals surface area contributed by atoms with Gasteiger partial charge in [0, 0.05) is 13.1 Å². The highest BCUT2D eigenvalue weighted by atomic mass is 16.4. The number of carboxylic acid groups (broad SMARTS) is 1. The Hall–Kier alpha value is -2.21. The summed E-state index contributed by atoms with van der Waals surface area (Å²) in [5, 5.41) is 12.1. The number of benzene rings is 1. The fourth-order valence-electron chi connectivity index (χ4n) is 2.24. The second-order valence-corrected chi connectivity index (χ2v) is 5.23. The Morgan fingerprint density at radius 2 is 1.76 bits per heavy atom. The molecule has 0 spiro atoms. The zero-order chi connectivity index (χ0) is 15.6. The summed E-state index contributed by atoms with van der Waals surface area (Å²) in [7, 11) is 0. The Morgan fingerprint density at radius 1 is 1.24 bits per heavy atom. The van der Waals surface area contributed by atoms with Gasteiger partial charge >= 0.3 is 5.97 Å². The Balaban J connectivity index is 2.02. The van der Waals surface area contributed by atoms with Crippen molar-refractivity contribution in [2.75, 3.05) is 13.1 Å². The van der Waals surface area contributed by atoms with Gasteiger partial charge in [-0.25, -0.2) is 0 Å². The number of fused-ring (bicyclic) bond motifs is 1. The summed E-state index contributed by atoms with van der Waals surface area (Å²) >= 11 is 0. The first-order valence-corrected chi connectivity index (χ1v) is 6.84. The SMILES string of the molecule is CCC(C)(NCCN1C(=O)c2ccccc2C1=O)C(=O)O. The number of carbonyl (C=O) groups excluding carboxylic acids is 2. The number of carbonyl (C=O) groups is 3. The molecular formula is C15H18N2O4. The van der Waals surface area contributed by atoms with Crippen LogP contribution in [-0.2, 0) is 4.79 Å². The molecule has 1 unspecified atom stereocenters. The molecule has 1 aliphatic heterocycles. The zero-order valence-electron chi connectivity index (χ0n) is 12.0. The molecule has 0 radical (unpaired) electrons. The largest absolute Gasteiger partial charge is 0.480 e. The van der Waals surface area contributed by atoms with Crippen LogP contribution in [0.1, 0.15) is 41.0 Å². The fraction of sp³-hybridized carbons (Fsp3) is 0.400. The molecule has 2 N–H and O–H groups in total. The molecule has 21 heavy (non-hydrogen) atoms. The number of carboxylic acids is 1. The van der Waals surface area contributed by atoms with Crippen LogP contribution in [0.4, 0.5) is 0 Å².